The zero-order valence-electron chi connectivity index (χ0n) is 15.0. The Morgan fingerprint density at radius 1 is 1.31 bits per heavy atom. The summed E-state index contributed by atoms with van der Waals surface area (Å²) in [5.41, 5.74) is 6.34. The molecule has 0 fully saturated rings. The van der Waals surface area contributed by atoms with Crippen molar-refractivity contribution in [2.24, 2.45) is 0 Å². The lowest BCUT2D eigenvalue weighted by molar-refractivity contribution is 0.0939. The van der Waals surface area contributed by atoms with Crippen LogP contribution in [0.1, 0.15) is 36.2 Å². The Morgan fingerprint density at radius 2 is 1.96 bits per heavy atom. The molecule has 0 saturated carbocycles. The van der Waals surface area contributed by atoms with E-state index in [0.717, 1.165) is 6.42 Å². The van der Waals surface area contributed by atoms with E-state index < -0.39 is 10.0 Å². The zero-order chi connectivity index (χ0) is 19.3. The van der Waals surface area contributed by atoms with Crippen LogP contribution in [0.4, 0.5) is 5.95 Å². The number of nitrogens with zero attached hydrogens (tertiary/aromatic N) is 3. The largest absolute Gasteiger partial charge is 0.368 e. The van der Waals surface area contributed by atoms with E-state index in [4.69, 9.17) is 5.73 Å². The number of aromatic nitrogens is 2. The summed E-state index contributed by atoms with van der Waals surface area (Å²) in [6, 6.07) is 5.99. The number of hydrogen-bond acceptors (Lipinski definition) is 6. The third-order valence-electron chi connectivity index (χ3n) is 3.92. The van der Waals surface area contributed by atoms with Crippen LogP contribution in [-0.4, -0.2) is 41.7 Å². The molecular formula is C17H23N5O3S. The number of sulfonamides is 1. The second-order valence-electron chi connectivity index (χ2n) is 6.02. The fourth-order valence-corrected chi connectivity index (χ4v) is 3.38. The van der Waals surface area contributed by atoms with Crippen LogP contribution < -0.4 is 11.1 Å². The van der Waals surface area contributed by atoms with Crippen LogP contribution in [0, 0.1) is 0 Å². The number of anilines is 1. The highest BCUT2D eigenvalue weighted by atomic mass is 32.2. The third kappa shape index (κ3) is 4.77. The first-order chi connectivity index (χ1) is 12.2. The molecule has 0 radical (unpaired) electrons. The molecule has 1 atom stereocenters. The van der Waals surface area contributed by atoms with Gasteiger partial charge in [0.2, 0.25) is 16.0 Å². The van der Waals surface area contributed by atoms with E-state index in [0.29, 0.717) is 11.1 Å². The predicted octanol–water partition coefficient (Wildman–Crippen LogP) is 1.41. The van der Waals surface area contributed by atoms with E-state index in [1.165, 1.54) is 35.9 Å². The average molecular weight is 377 g/mol. The monoisotopic (exact) mass is 377 g/mol. The smallest absolute Gasteiger partial charge is 0.251 e. The van der Waals surface area contributed by atoms with E-state index in [2.05, 4.69) is 15.3 Å². The van der Waals surface area contributed by atoms with Crippen LogP contribution in [0.15, 0.2) is 41.6 Å². The van der Waals surface area contributed by atoms with E-state index in [1.54, 1.807) is 12.1 Å². The molecule has 1 aromatic carbocycles. The number of rotatable bonds is 7. The second kappa shape index (κ2) is 8.24. The molecule has 0 unspecified atom stereocenters. The van der Waals surface area contributed by atoms with Crippen LogP contribution in [0.5, 0.6) is 0 Å². The van der Waals surface area contributed by atoms with Crippen molar-refractivity contribution in [2.75, 3.05) is 12.8 Å². The minimum atomic E-state index is -3.77. The maximum Gasteiger partial charge on any atom is 0.251 e. The van der Waals surface area contributed by atoms with Gasteiger partial charge in [-0.1, -0.05) is 13.0 Å². The molecule has 140 valence electrons. The minimum absolute atomic E-state index is 0.0101. The van der Waals surface area contributed by atoms with Crippen molar-refractivity contribution < 1.29 is 13.2 Å². The van der Waals surface area contributed by atoms with Crippen LogP contribution in [-0.2, 0) is 16.6 Å². The molecule has 0 aliphatic carbocycles. The van der Waals surface area contributed by atoms with Gasteiger partial charge in [0.05, 0.1) is 4.90 Å². The molecular weight excluding hydrogens is 354 g/mol. The second-order valence-corrected chi connectivity index (χ2v) is 8.07. The summed E-state index contributed by atoms with van der Waals surface area (Å²) < 4.78 is 26.7. The molecule has 0 aliphatic heterocycles. The summed E-state index contributed by atoms with van der Waals surface area (Å²) in [4.78, 5) is 20.0. The molecule has 3 N–H and O–H groups in total. The number of hydrogen-bond donors (Lipinski definition) is 2. The molecule has 2 aromatic rings. The van der Waals surface area contributed by atoms with E-state index >= 15 is 0 Å². The molecule has 9 heteroatoms. The Labute approximate surface area is 153 Å². The Morgan fingerprint density at radius 3 is 2.58 bits per heavy atom. The van der Waals surface area contributed by atoms with Gasteiger partial charge >= 0.3 is 0 Å². The highest BCUT2D eigenvalue weighted by Gasteiger charge is 2.22. The fraction of sp³-hybridized carbons (Fsp3) is 0.353. The summed E-state index contributed by atoms with van der Waals surface area (Å²) in [5.74, 6) is -0.176. The van der Waals surface area contributed by atoms with E-state index in [9.17, 15) is 13.2 Å². The van der Waals surface area contributed by atoms with Gasteiger partial charge in [0.15, 0.2) is 0 Å². The quantitative estimate of drug-likeness (QED) is 0.753. The number of nitrogens with one attached hydrogen (secondary N) is 1. The lowest BCUT2D eigenvalue weighted by Crippen LogP contribution is -2.32. The first-order valence-corrected chi connectivity index (χ1v) is 9.61. The Balaban J connectivity index is 2.21. The Kier molecular flexibility index (Phi) is 6.27. The van der Waals surface area contributed by atoms with Crippen molar-refractivity contribution in [3.8, 4) is 0 Å². The summed E-state index contributed by atoms with van der Waals surface area (Å²) in [7, 11) is -2.31. The normalized spacial score (nSPS) is 12.8. The van der Waals surface area contributed by atoms with Crippen LogP contribution >= 0.6 is 0 Å². The SMILES string of the molecule is CC[C@@H](C)NC(=O)c1cccc(S(=O)(=O)N(C)Cc2cnc(N)nc2)c1. The van der Waals surface area contributed by atoms with Crippen molar-refractivity contribution >= 4 is 21.9 Å². The van der Waals surface area contributed by atoms with Gasteiger partial charge in [0.25, 0.3) is 5.91 Å². The maximum absolute atomic E-state index is 12.8. The van der Waals surface area contributed by atoms with Crippen molar-refractivity contribution in [3.05, 3.63) is 47.8 Å². The van der Waals surface area contributed by atoms with Crippen LogP contribution in [0.3, 0.4) is 0 Å². The first-order valence-electron chi connectivity index (χ1n) is 8.17. The van der Waals surface area contributed by atoms with Gasteiger partial charge in [-0.25, -0.2) is 18.4 Å². The summed E-state index contributed by atoms with van der Waals surface area (Å²) >= 11 is 0. The molecule has 0 spiro atoms. The van der Waals surface area contributed by atoms with Gasteiger partial charge in [0, 0.05) is 43.2 Å². The molecule has 26 heavy (non-hydrogen) atoms. The zero-order valence-corrected chi connectivity index (χ0v) is 15.8. The highest BCUT2D eigenvalue weighted by Crippen LogP contribution is 2.18. The van der Waals surface area contributed by atoms with Crippen molar-refractivity contribution in [3.63, 3.8) is 0 Å². The standard InChI is InChI=1S/C17H23N5O3S/c1-4-12(2)21-16(23)14-6-5-7-15(8-14)26(24,25)22(3)11-13-9-19-17(18)20-10-13/h5-10,12H,4,11H2,1-3H3,(H,21,23)(H2,18,19,20)/t12-/m1/s1. The number of nitrogens with two attached hydrogens (primary N) is 1. The highest BCUT2D eigenvalue weighted by molar-refractivity contribution is 7.89. The van der Waals surface area contributed by atoms with Gasteiger partial charge in [-0.15, -0.1) is 0 Å². The van der Waals surface area contributed by atoms with Gasteiger partial charge in [0.1, 0.15) is 0 Å². The molecule has 1 amide bonds. The number of carbonyl (C=O) groups is 1. The van der Waals surface area contributed by atoms with E-state index in [1.807, 2.05) is 13.8 Å². The molecule has 0 aliphatic rings. The van der Waals surface area contributed by atoms with Crippen LogP contribution in [0.25, 0.3) is 0 Å². The fourth-order valence-electron chi connectivity index (χ4n) is 2.18. The average Bonchev–Trinajstić information content (AvgIpc) is 2.63. The summed E-state index contributed by atoms with van der Waals surface area (Å²) in [6.45, 7) is 3.94. The first kappa shape index (κ1) is 19.8. The van der Waals surface area contributed by atoms with Crippen molar-refractivity contribution in [2.45, 2.75) is 37.8 Å². The van der Waals surface area contributed by atoms with Crippen molar-refractivity contribution in [1.82, 2.24) is 19.6 Å². The number of benzene rings is 1. The summed E-state index contributed by atoms with van der Waals surface area (Å²) in [6.07, 6.45) is 3.74. The molecule has 1 aromatic heterocycles. The van der Waals surface area contributed by atoms with Gasteiger partial charge in [-0.05, 0) is 31.5 Å². The molecule has 0 saturated heterocycles. The van der Waals surface area contributed by atoms with Gasteiger partial charge in [-0.2, -0.15) is 4.31 Å². The molecule has 1 heterocycles. The number of nitrogen functional groups attached to an aromatic ring is 1. The molecule has 2 rings (SSSR count). The maximum atomic E-state index is 12.8. The minimum Gasteiger partial charge on any atom is -0.368 e. The van der Waals surface area contributed by atoms with Crippen molar-refractivity contribution in [1.29, 1.82) is 0 Å². The van der Waals surface area contributed by atoms with E-state index in [-0.39, 0.29) is 29.3 Å². The third-order valence-corrected chi connectivity index (χ3v) is 5.72. The van der Waals surface area contributed by atoms with Gasteiger partial charge in [-0.3, -0.25) is 4.79 Å². The summed E-state index contributed by atoms with van der Waals surface area (Å²) in [5, 5.41) is 2.82. The van der Waals surface area contributed by atoms with Gasteiger partial charge < -0.3 is 11.1 Å². The molecule has 8 nitrogen and oxygen atoms in total. The predicted molar refractivity (Wildman–Crippen MR) is 98.8 cm³/mol. The number of amides is 1. The lowest BCUT2D eigenvalue weighted by atomic mass is 10.2. The lowest BCUT2D eigenvalue weighted by Gasteiger charge is -2.18. The molecule has 0 bridgehead atoms. The Hall–Kier alpha value is -2.52. The topological polar surface area (TPSA) is 118 Å². The number of carbonyl (C=O) groups excluding carboxylic acids is 1. The van der Waals surface area contributed by atoms with Crippen LogP contribution in [0.2, 0.25) is 0 Å². The Bertz CT molecular complexity index is 868.